The van der Waals surface area contributed by atoms with Crippen molar-refractivity contribution in [1.29, 1.82) is 0 Å². The summed E-state index contributed by atoms with van der Waals surface area (Å²) < 4.78 is 5.39. The molecule has 1 fully saturated rings. The minimum atomic E-state index is 0.00757. The van der Waals surface area contributed by atoms with Crippen molar-refractivity contribution in [2.24, 2.45) is 5.92 Å². The van der Waals surface area contributed by atoms with Gasteiger partial charge in [0.15, 0.2) is 0 Å². The fourth-order valence-corrected chi connectivity index (χ4v) is 4.98. The van der Waals surface area contributed by atoms with Gasteiger partial charge in [-0.25, -0.2) is 0 Å². The van der Waals surface area contributed by atoms with Crippen LogP contribution in [0, 0.1) is 5.92 Å². The molecule has 176 valence electrons. The summed E-state index contributed by atoms with van der Waals surface area (Å²) in [5.41, 5.74) is 4.91. The standard InChI is InChI=1S/C28H37N3O2/c1-20(2)28(32)30(3)24-9-5-7-22(17-24)21-12-15-31(16-13-21)14-6-8-23-19-29-27-11-10-25(33-4)18-26(23)27/h5,7,9-11,17-21,29H,6,8,12-16H2,1-4H3. The number of hydrogen-bond donors (Lipinski definition) is 1. The highest BCUT2D eigenvalue weighted by Crippen LogP contribution is 2.31. The summed E-state index contributed by atoms with van der Waals surface area (Å²) >= 11 is 0. The number of ether oxygens (including phenoxy) is 1. The maximum atomic E-state index is 12.4. The van der Waals surface area contributed by atoms with E-state index < -0.39 is 0 Å². The number of methoxy groups -OCH3 is 1. The molecule has 1 N–H and O–H groups in total. The van der Waals surface area contributed by atoms with E-state index in [4.69, 9.17) is 4.74 Å². The van der Waals surface area contributed by atoms with Crippen LogP contribution in [-0.4, -0.2) is 49.6 Å². The zero-order chi connectivity index (χ0) is 23.4. The number of fused-ring (bicyclic) bond motifs is 1. The van der Waals surface area contributed by atoms with Crippen molar-refractivity contribution in [3.05, 3.63) is 59.8 Å². The molecule has 1 aromatic heterocycles. The molecule has 4 rings (SSSR count). The molecule has 1 saturated heterocycles. The van der Waals surface area contributed by atoms with E-state index in [0.29, 0.717) is 5.92 Å². The highest BCUT2D eigenvalue weighted by Gasteiger charge is 2.22. The Hall–Kier alpha value is -2.79. The van der Waals surface area contributed by atoms with E-state index in [0.717, 1.165) is 43.9 Å². The molecule has 2 aromatic carbocycles. The van der Waals surface area contributed by atoms with Gasteiger partial charge in [-0.15, -0.1) is 0 Å². The van der Waals surface area contributed by atoms with Crippen LogP contribution in [0.4, 0.5) is 5.69 Å². The van der Waals surface area contributed by atoms with Gasteiger partial charge in [0.05, 0.1) is 7.11 Å². The number of piperidine rings is 1. The Morgan fingerprint density at radius 3 is 2.70 bits per heavy atom. The largest absolute Gasteiger partial charge is 0.497 e. The van der Waals surface area contributed by atoms with Crippen molar-refractivity contribution in [3.8, 4) is 5.75 Å². The Morgan fingerprint density at radius 2 is 1.97 bits per heavy atom. The molecule has 1 amide bonds. The summed E-state index contributed by atoms with van der Waals surface area (Å²) in [6.45, 7) is 7.31. The summed E-state index contributed by atoms with van der Waals surface area (Å²) in [5.74, 6) is 1.66. The Labute approximate surface area is 197 Å². The number of carbonyl (C=O) groups is 1. The third-order valence-electron chi connectivity index (χ3n) is 7.04. The highest BCUT2D eigenvalue weighted by molar-refractivity contribution is 5.94. The molecule has 5 heteroatoms. The van der Waals surface area contributed by atoms with Crippen LogP contribution in [0.15, 0.2) is 48.7 Å². The predicted octanol–water partition coefficient (Wildman–Crippen LogP) is 5.61. The SMILES string of the molecule is COc1ccc2[nH]cc(CCCN3CCC(c4cccc(N(C)C(=O)C(C)C)c4)CC3)c2c1. The number of H-pyrrole nitrogens is 1. The van der Waals surface area contributed by atoms with Crippen molar-refractivity contribution in [1.82, 2.24) is 9.88 Å². The quantitative estimate of drug-likeness (QED) is 0.488. The molecule has 0 atom stereocenters. The molecular weight excluding hydrogens is 410 g/mol. The van der Waals surface area contributed by atoms with E-state index in [2.05, 4.69) is 46.4 Å². The summed E-state index contributed by atoms with van der Waals surface area (Å²) in [6, 6.07) is 14.8. The zero-order valence-corrected chi connectivity index (χ0v) is 20.4. The van der Waals surface area contributed by atoms with Crippen molar-refractivity contribution >= 4 is 22.5 Å². The van der Waals surface area contributed by atoms with Gasteiger partial charge in [0.2, 0.25) is 5.91 Å². The second-order valence-corrected chi connectivity index (χ2v) is 9.59. The van der Waals surface area contributed by atoms with E-state index in [1.165, 1.54) is 34.9 Å². The van der Waals surface area contributed by atoms with E-state index in [1.807, 2.05) is 33.0 Å². The molecule has 0 bridgehead atoms. The van der Waals surface area contributed by atoms with Gasteiger partial charge in [0, 0.05) is 35.8 Å². The van der Waals surface area contributed by atoms with Gasteiger partial charge >= 0.3 is 0 Å². The van der Waals surface area contributed by atoms with Crippen molar-refractivity contribution in [2.45, 2.75) is 45.4 Å². The van der Waals surface area contributed by atoms with Crippen molar-refractivity contribution < 1.29 is 9.53 Å². The topological polar surface area (TPSA) is 48.6 Å². The number of anilines is 1. The predicted molar refractivity (Wildman–Crippen MR) is 136 cm³/mol. The number of aryl methyl sites for hydroxylation is 1. The number of aromatic amines is 1. The minimum Gasteiger partial charge on any atom is -0.497 e. The Kier molecular flexibility index (Phi) is 7.39. The van der Waals surface area contributed by atoms with E-state index in [1.54, 1.807) is 12.0 Å². The van der Waals surface area contributed by atoms with E-state index in [-0.39, 0.29) is 11.8 Å². The fourth-order valence-electron chi connectivity index (χ4n) is 4.98. The fraction of sp³-hybridized carbons (Fsp3) is 0.464. The van der Waals surface area contributed by atoms with Crippen LogP contribution in [0.1, 0.15) is 50.2 Å². The zero-order valence-electron chi connectivity index (χ0n) is 20.4. The molecule has 1 aliphatic heterocycles. The van der Waals surface area contributed by atoms with Gasteiger partial charge in [0.1, 0.15) is 5.75 Å². The normalized spacial score (nSPS) is 15.3. The molecule has 5 nitrogen and oxygen atoms in total. The van der Waals surface area contributed by atoms with Crippen LogP contribution in [0.5, 0.6) is 5.75 Å². The molecule has 0 aliphatic carbocycles. The third-order valence-corrected chi connectivity index (χ3v) is 7.04. The molecule has 0 radical (unpaired) electrons. The average molecular weight is 448 g/mol. The van der Waals surface area contributed by atoms with Crippen LogP contribution < -0.4 is 9.64 Å². The number of amides is 1. The lowest BCUT2D eigenvalue weighted by Crippen LogP contribution is -2.34. The monoisotopic (exact) mass is 447 g/mol. The smallest absolute Gasteiger partial charge is 0.229 e. The van der Waals surface area contributed by atoms with Gasteiger partial charge in [-0.1, -0.05) is 26.0 Å². The number of rotatable bonds is 8. The van der Waals surface area contributed by atoms with Gasteiger partial charge in [-0.3, -0.25) is 4.79 Å². The molecule has 3 aromatic rings. The molecule has 2 heterocycles. The molecule has 0 unspecified atom stereocenters. The summed E-state index contributed by atoms with van der Waals surface area (Å²) in [7, 11) is 3.60. The van der Waals surface area contributed by atoms with Gasteiger partial charge in [-0.2, -0.15) is 0 Å². The van der Waals surface area contributed by atoms with Crippen LogP contribution in [-0.2, 0) is 11.2 Å². The molecule has 0 spiro atoms. The Morgan fingerprint density at radius 1 is 1.18 bits per heavy atom. The maximum absolute atomic E-state index is 12.4. The van der Waals surface area contributed by atoms with Gasteiger partial charge in [-0.05, 0) is 92.7 Å². The van der Waals surface area contributed by atoms with E-state index in [9.17, 15) is 4.79 Å². The first-order chi connectivity index (χ1) is 16.0. The molecule has 0 saturated carbocycles. The second-order valence-electron chi connectivity index (χ2n) is 9.59. The average Bonchev–Trinajstić information content (AvgIpc) is 3.25. The van der Waals surface area contributed by atoms with Crippen LogP contribution >= 0.6 is 0 Å². The number of carbonyl (C=O) groups excluding carboxylic acids is 1. The maximum Gasteiger partial charge on any atom is 0.229 e. The highest BCUT2D eigenvalue weighted by atomic mass is 16.5. The first kappa shape index (κ1) is 23.4. The summed E-state index contributed by atoms with van der Waals surface area (Å²) in [4.78, 5) is 20.2. The Balaban J connectivity index is 1.28. The van der Waals surface area contributed by atoms with Crippen LogP contribution in [0.3, 0.4) is 0 Å². The lowest BCUT2D eigenvalue weighted by Gasteiger charge is -2.32. The van der Waals surface area contributed by atoms with E-state index >= 15 is 0 Å². The lowest BCUT2D eigenvalue weighted by atomic mass is 9.89. The lowest BCUT2D eigenvalue weighted by molar-refractivity contribution is -0.121. The first-order valence-electron chi connectivity index (χ1n) is 12.2. The minimum absolute atomic E-state index is 0.00757. The number of nitrogens with one attached hydrogen (secondary N) is 1. The van der Waals surface area contributed by atoms with Gasteiger partial charge in [0.25, 0.3) is 0 Å². The number of nitrogens with zero attached hydrogens (tertiary/aromatic N) is 2. The first-order valence-corrected chi connectivity index (χ1v) is 12.2. The number of hydrogen-bond acceptors (Lipinski definition) is 3. The number of aromatic nitrogens is 1. The Bertz CT molecular complexity index is 1080. The van der Waals surface area contributed by atoms with Crippen LogP contribution in [0.25, 0.3) is 10.9 Å². The molecular formula is C28H37N3O2. The molecule has 33 heavy (non-hydrogen) atoms. The van der Waals surface area contributed by atoms with Crippen molar-refractivity contribution in [2.75, 3.05) is 38.7 Å². The summed E-state index contributed by atoms with van der Waals surface area (Å²) in [6.07, 6.45) is 6.73. The van der Waals surface area contributed by atoms with Gasteiger partial charge < -0.3 is 19.5 Å². The summed E-state index contributed by atoms with van der Waals surface area (Å²) in [5, 5.41) is 1.27. The third kappa shape index (κ3) is 5.41. The molecule has 1 aliphatic rings. The van der Waals surface area contributed by atoms with Crippen LogP contribution in [0.2, 0.25) is 0 Å². The number of likely N-dealkylation sites (tertiary alicyclic amines) is 1. The van der Waals surface area contributed by atoms with Crippen molar-refractivity contribution in [3.63, 3.8) is 0 Å². The second kappa shape index (κ2) is 10.4. The number of benzene rings is 2.